The molecule has 0 radical (unpaired) electrons. The van der Waals surface area contributed by atoms with Crippen LogP contribution in [-0.2, 0) is 9.59 Å². The van der Waals surface area contributed by atoms with E-state index in [0.29, 0.717) is 18.6 Å². The number of rotatable bonds is 4. The second-order valence-corrected chi connectivity index (χ2v) is 5.44. The number of amides is 1. The van der Waals surface area contributed by atoms with Gasteiger partial charge in [0.15, 0.2) is 6.61 Å². The van der Waals surface area contributed by atoms with Gasteiger partial charge in [-0.25, -0.2) is 5.43 Å². The van der Waals surface area contributed by atoms with Crippen molar-refractivity contribution in [2.75, 3.05) is 6.61 Å². The zero-order valence-corrected chi connectivity index (χ0v) is 12.5. The van der Waals surface area contributed by atoms with E-state index in [2.05, 4.69) is 26.5 Å². The van der Waals surface area contributed by atoms with Crippen molar-refractivity contribution in [1.29, 1.82) is 0 Å². The van der Waals surface area contributed by atoms with Gasteiger partial charge in [-0.1, -0.05) is 15.9 Å². The van der Waals surface area contributed by atoms with Crippen LogP contribution in [0.2, 0.25) is 0 Å². The van der Waals surface area contributed by atoms with E-state index in [-0.39, 0.29) is 18.3 Å². The summed E-state index contributed by atoms with van der Waals surface area (Å²) >= 11 is 3.32. The highest BCUT2D eigenvalue weighted by atomic mass is 79.9. The highest BCUT2D eigenvalue weighted by molar-refractivity contribution is 9.10. The van der Waals surface area contributed by atoms with Crippen molar-refractivity contribution in [3.63, 3.8) is 0 Å². The maximum Gasteiger partial charge on any atom is 0.277 e. The summed E-state index contributed by atoms with van der Waals surface area (Å²) in [5, 5.41) is 3.97. The molecule has 5 nitrogen and oxygen atoms in total. The molecule has 1 saturated carbocycles. The van der Waals surface area contributed by atoms with Crippen LogP contribution in [0.4, 0.5) is 0 Å². The third-order valence-corrected chi connectivity index (χ3v) is 3.37. The molecule has 6 heteroatoms. The summed E-state index contributed by atoms with van der Waals surface area (Å²) in [5.41, 5.74) is 3.15. The first-order chi connectivity index (χ1) is 9.63. The monoisotopic (exact) mass is 338 g/mol. The number of Topliss-reactive ketones (excluding diaryl/α,β-unsaturated/α-hetero) is 1. The summed E-state index contributed by atoms with van der Waals surface area (Å²) in [7, 11) is 0. The van der Waals surface area contributed by atoms with Gasteiger partial charge in [0.2, 0.25) is 0 Å². The Bertz CT molecular complexity index is 526. The van der Waals surface area contributed by atoms with E-state index in [1.807, 2.05) is 12.1 Å². The highest BCUT2D eigenvalue weighted by Gasteiger charge is 2.14. The number of hydrazone groups is 1. The van der Waals surface area contributed by atoms with Gasteiger partial charge in [-0.2, -0.15) is 5.10 Å². The van der Waals surface area contributed by atoms with Gasteiger partial charge in [0, 0.05) is 23.0 Å². The fourth-order valence-corrected chi connectivity index (χ4v) is 2.11. The summed E-state index contributed by atoms with van der Waals surface area (Å²) < 4.78 is 6.26. The molecular weight excluding hydrogens is 324 g/mol. The first kappa shape index (κ1) is 14.7. The first-order valence-electron chi connectivity index (χ1n) is 6.38. The van der Waals surface area contributed by atoms with Crippen molar-refractivity contribution in [1.82, 2.24) is 5.43 Å². The van der Waals surface area contributed by atoms with Crippen molar-refractivity contribution >= 4 is 33.3 Å². The lowest BCUT2D eigenvalue weighted by Crippen LogP contribution is -2.27. The molecule has 1 amide bonds. The summed E-state index contributed by atoms with van der Waals surface area (Å²) in [6.45, 7) is -0.105. The summed E-state index contributed by atoms with van der Waals surface area (Å²) in [6.07, 6.45) is 2.52. The number of ether oxygens (including phenoxy) is 1. The van der Waals surface area contributed by atoms with Crippen molar-refractivity contribution < 1.29 is 14.3 Å². The van der Waals surface area contributed by atoms with Gasteiger partial charge in [0.1, 0.15) is 11.5 Å². The first-order valence-corrected chi connectivity index (χ1v) is 7.17. The Morgan fingerprint density at radius 3 is 2.75 bits per heavy atom. The van der Waals surface area contributed by atoms with Crippen LogP contribution in [0.3, 0.4) is 0 Å². The Morgan fingerprint density at radius 2 is 2.05 bits per heavy atom. The molecular formula is C14H15BrN2O3. The molecule has 106 valence electrons. The molecule has 1 aromatic carbocycles. The lowest BCUT2D eigenvalue weighted by Gasteiger charge is -2.11. The molecule has 0 bridgehead atoms. The normalized spacial score (nSPS) is 17.1. The second-order valence-electron chi connectivity index (χ2n) is 4.52. The average Bonchev–Trinajstić information content (AvgIpc) is 2.45. The van der Waals surface area contributed by atoms with Gasteiger partial charge in [-0.3, -0.25) is 9.59 Å². The zero-order chi connectivity index (χ0) is 14.4. The van der Waals surface area contributed by atoms with E-state index in [4.69, 9.17) is 4.74 Å². The van der Waals surface area contributed by atoms with Crippen LogP contribution in [-0.4, -0.2) is 24.0 Å². The molecule has 0 saturated heterocycles. The molecule has 1 aliphatic rings. The number of carbonyl (C=O) groups is 2. The van der Waals surface area contributed by atoms with Crippen molar-refractivity contribution in [3.8, 4) is 5.75 Å². The quantitative estimate of drug-likeness (QED) is 0.857. The molecule has 20 heavy (non-hydrogen) atoms. The Labute approximate surface area is 125 Å². The van der Waals surface area contributed by atoms with Crippen LogP contribution in [0.5, 0.6) is 5.75 Å². The summed E-state index contributed by atoms with van der Waals surface area (Å²) in [4.78, 5) is 22.8. The number of halogens is 1. The topological polar surface area (TPSA) is 67.8 Å². The SMILES string of the molecule is O=C1CCCC(=NNC(=O)COc2ccc(Br)cc2)C1. The highest BCUT2D eigenvalue weighted by Crippen LogP contribution is 2.15. The molecule has 0 aromatic heterocycles. The van der Waals surface area contributed by atoms with Crippen LogP contribution in [0, 0.1) is 0 Å². The van der Waals surface area contributed by atoms with Crippen molar-refractivity contribution in [2.45, 2.75) is 25.7 Å². The number of benzene rings is 1. The minimum atomic E-state index is -0.335. The molecule has 0 heterocycles. The van der Waals surface area contributed by atoms with Crippen LogP contribution in [0.1, 0.15) is 25.7 Å². The number of nitrogens with one attached hydrogen (secondary N) is 1. The largest absolute Gasteiger partial charge is 0.484 e. The maximum absolute atomic E-state index is 11.6. The number of ketones is 1. The average molecular weight is 339 g/mol. The number of nitrogens with zero attached hydrogens (tertiary/aromatic N) is 1. The molecule has 2 rings (SSSR count). The minimum absolute atomic E-state index is 0.105. The molecule has 1 N–H and O–H groups in total. The van der Waals surface area contributed by atoms with E-state index >= 15 is 0 Å². The molecule has 1 aliphatic carbocycles. The third kappa shape index (κ3) is 4.77. The predicted octanol–water partition coefficient (Wildman–Crippen LogP) is 2.44. The van der Waals surface area contributed by atoms with Crippen molar-refractivity contribution in [3.05, 3.63) is 28.7 Å². The van der Waals surface area contributed by atoms with E-state index in [1.165, 1.54) is 0 Å². The van der Waals surface area contributed by atoms with Crippen molar-refractivity contribution in [2.24, 2.45) is 5.10 Å². The second kappa shape index (κ2) is 7.19. The molecule has 0 spiro atoms. The lowest BCUT2D eigenvalue weighted by atomic mass is 9.97. The van der Waals surface area contributed by atoms with Crippen LogP contribution >= 0.6 is 15.9 Å². The molecule has 0 aliphatic heterocycles. The van der Waals surface area contributed by atoms with E-state index in [1.54, 1.807) is 12.1 Å². The van der Waals surface area contributed by atoms with Gasteiger partial charge in [-0.05, 0) is 37.1 Å². The maximum atomic E-state index is 11.6. The van der Waals surface area contributed by atoms with Crippen LogP contribution in [0.25, 0.3) is 0 Å². The molecule has 0 unspecified atom stereocenters. The van der Waals surface area contributed by atoms with Gasteiger partial charge >= 0.3 is 0 Å². The number of hydrogen-bond acceptors (Lipinski definition) is 4. The van der Waals surface area contributed by atoms with Crippen LogP contribution < -0.4 is 10.2 Å². The van der Waals surface area contributed by atoms with Gasteiger partial charge in [-0.15, -0.1) is 0 Å². The number of hydrogen-bond donors (Lipinski definition) is 1. The van der Waals surface area contributed by atoms with Gasteiger partial charge in [0.25, 0.3) is 5.91 Å². The zero-order valence-electron chi connectivity index (χ0n) is 10.9. The Balaban J connectivity index is 1.76. The number of carbonyl (C=O) groups excluding carboxylic acids is 2. The predicted molar refractivity (Wildman–Crippen MR) is 78.7 cm³/mol. The Hall–Kier alpha value is -1.69. The molecule has 1 fully saturated rings. The van der Waals surface area contributed by atoms with E-state index < -0.39 is 0 Å². The summed E-state index contributed by atoms with van der Waals surface area (Å²) in [5.74, 6) is 0.456. The fraction of sp³-hybridized carbons (Fsp3) is 0.357. The standard InChI is InChI=1S/C14H15BrN2O3/c15-10-4-6-13(7-5-10)20-9-14(19)17-16-11-2-1-3-12(18)8-11/h4-7H,1-3,8-9H2,(H,17,19). The Morgan fingerprint density at radius 1 is 1.30 bits per heavy atom. The van der Waals surface area contributed by atoms with E-state index in [9.17, 15) is 9.59 Å². The van der Waals surface area contributed by atoms with Gasteiger partial charge in [0.05, 0.1) is 0 Å². The van der Waals surface area contributed by atoms with Gasteiger partial charge < -0.3 is 4.74 Å². The van der Waals surface area contributed by atoms with E-state index in [0.717, 1.165) is 23.0 Å². The minimum Gasteiger partial charge on any atom is -0.484 e. The molecule has 1 aromatic rings. The third-order valence-electron chi connectivity index (χ3n) is 2.84. The lowest BCUT2D eigenvalue weighted by molar-refractivity contribution is -0.123. The smallest absolute Gasteiger partial charge is 0.277 e. The fourth-order valence-electron chi connectivity index (χ4n) is 1.84. The van der Waals surface area contributed by atoms with Crippen LogP contribution in [0.15, 0.2) is 33.8 Å². The molecule has 0 atom stereocenters. The summed E-state index contributed by atoms with van der Waals surface area (Å²) in [6, 6.07) is 7.20. The Kier molecular flexibility index (Phi) is 5.29.